The number of carbonyl (C=O) groups excluding carboxylic acids is 1. The molecule has 0 spiro atoms. The molecule has 148 valence electrons. The number of nitrogens with zero attached hydrogens (tertiary/aromatic N) is 2. The number of aryl methyl sites for hydroxylation is 1. The molecule has 0 bridgehead atoms. The molecular weight excluding hydrogens is 370 g/mol. The van der Waals surface area contributed by atoms with Gasteiger partial charge in [-0.2, -0.15) is 0 Å². The molecule has 0 radical (unpaired) electrons. The summed E-state index contributed by atoms with van der Waals surface area (Å²) in [5.74, 6) is 0.411. The molecule has 1 atom stereocenters. The zero-order chi connectivity index (χ0) is 20.4. The van der Waals surface area contributed by atoms with Crippen LogP contribution in [0.4, 0.5) is 11.4 Å². The molecule has 7 heteroatoms. The molecule has 0 saturated carbocycles. The third kappa shape index (κ3) is 3.71. The molecule has 7 nitrogen and oxygen atoms in total. The quantitative estimate of drug-likeness (QED) is 0.506. The van der Waals surface area contributed by atoms with Gasteiger partial charge in [0, 0.05) is 36.0 Å². The molecule has 0 unspecified atom stereocenters. The van der Waals surface area contributed by atoms with Crippen LogP contribution in [-0.4, -0.2) is 23.9 Å². The fraction of sp³-hybridized carbons (Fsp3) is 0.227. The molecule has 1 N–H and O–H groups in total. The molecule has 4 rings (SSSR count). The van der Waals surface area contributed by atoms with Crippen molar-refractivity contribution in [3.63, 3.8) is 0 Å². The van der Waals surface area contributed by atoms with Crippen LogP contribution in [0, 0.1) is 17.0 Å². The predicted octanol–water partition coefficient (Wildman–Crippen LogP) is 4.03. The number of carbonyl (C=O) groups is 1. The maximum absolute atomic E-state index is 12.7. The Hall–Kier alpha value is -3.61. The van der Waals surface area contributed by atoms with E-state index in [1.165, 1.54) is 11.6 Å². The minimum absolute atomic E-state index is 0.0614. The maximum atomic E-state index is 12.7. The first-order valence-corrected chi connectivity index (χ1v) is 9.46. The van der Waals surface area contributed by atoms with Gasteiger partial charge in [-0.3, -0.25) is 14.9 Å². The maximum Gasteiger partial charge on any atom is 0.273 e. The highest BCUT2D eigenvalue weighted by atomic mass is 16.6. The largest absolute Gasteiger partial charge is 0.467 e. The highest BCUT2D eigenvalue weighted by Crippen LogP contribution is 2.35. The summed E-state index contributed by atoms with van der Waals surface area (Å²) in [7, 11) is 0. The van der Waals surface area contributed by atoms with E-state index in [1.807, 2.05) is 24.3 Å². The number of hydrogen-bond donors (Lipinski definition) is 1. The zero-order valence-corrected chi connectivity index (χ0v) is 16.0. The Morgan fingerprint density at radius 3 is 2.83 bits per heavy atom. The van der Waals surface area contributed by atoms with Crippen molar-refractivity contribution in [2.75, 3.05) is 18.0 Å². The van der Waals surface area contributed by atoms with E-state index in [2.05, 4.69) is 22.3 Å². The topological polar surface area (TPSA) is 88.6 Å². The molecule has 2 aromatic carbocycles. The smallest absolute Gasteiger partial charge is 0.273 e. The van der Waals surface area contributed by atoms with E-state index in [-0.39, 0.29) is 23.2 Å². The predicted molar refractivity (Wildman–Crippen MR) is 109 cm³/mol. The summed E-state index contributed by atoms with van der Waals surface area (Å²) >= 11 is 0. The molecular formula is C22H21N3O4. The summed E-state index contributed by atoms with van der Waals surface area (Å²) in [5, 5.41) is 14.1. The van der Waals surface area contributed by atoms with Crippen molar-refractivity contribution in [3.05, 3.63) is 93.4 Å². The van der Waals surface area contributed by atoms with Crippen LogP contribution in [0.3, 0.4) is 0 Å². The number of para-hydroxylation sites is 1. The van der Waals surface area contributed by atoms with Gasteiger partial charge in [0.1, 0.15) is 11.8 Å². The van der Waals surface area contributed by atoms with Crippen LogP contribution in [0.1, 0.15) is 33.3 Å². The number of nitrogens with one attached hydrogen (secondary N) is 1. The van der Waals surface area contributed by atoms with Crippen LogP contribution in [0.2, 0.25) is 0 Å². The summed E-state index contributed by atoms with van der Waals surface area (Å²) in [6.45, 7) is 2.80. The molecule has 2 heterocycles. The molecule has 29 heavy (non-hydrogen) atoms. The number of hydrogen-bond acceptors (Lipinski definition) is 5. The first-order valence-electron chi connectivity index (χ1n) is 9.46. The lowest BCUT2D eigenvalue weighted by Gasteiger charge is -2.29. The summed E-state index contributed by atoms with van der Waals surface area (Å²) in [6, 6.07) is 16.3. The number of furan rings is 1. The van der Waals surface area contributed by atoms with Gasteiger partial charge in [-0.15, -0.1) is 0 Å². The van der Waals surface area contributed by atoms with Crippen LogP contribution in [0.25, 0.3) is 0 Å². The number of fused-ring (bicyclic) bond motifs is 1. The Balaban J connectivity index is 1.55. The van der Waals surface area contributed by atoms with E-state index in [9.17, 15) is 14.9 Å². The summed E-state index contributed by atoms with van der Waals surface area (Å²) in [4.78, 5) is 25.6. The number of anilines is 1. The lowest BCUT2D eigenvalue weighted by molar-refractivity contribution is -0.385. The van der Waals surface area contributed by atoms with Crippen molar-refractivity contribution in [1.82, 2.24) is 5.32 Å². The van der Waals surface area contributed by atoms with Crippen LogP contribution in [-0.2, 0) is 6.42 Å². The van der Waals surface area contributed by atoms with Gasteiger partial charge >= 0.3 is 0 Å². The van der Waals surface area contributed by atoms with Crippen LogP contribution in [0.5, 0.6) is 0 Å². The minimum atomic E-state index is -0.473. The van der Waals surface area contributed by atoms with Crippen molar-refractivity contribution >= 4 is 17.3 Å². The number of nitro groups is 1. The molecule has 3 aromatic rings. The second-order valence-corrected chi connectivity index (χ2v) is 7.07. The Morgan fingerprint density at radius 1 is 1.24 bits per heavy atom. The monoisotopic (exact) mass is 391 g/mol. The van der Waals surface area contributed by atoms with Crippen molar-refractivity contribution < 1.29 is 14.1 Å². The fourth-order valence-electron chi connectivity index (χ4n) is 3.77. The normalized spacial score (nSPS) is 13.8. The van der Waals surface area contributed by atoms with E-state index in [0.29, 0.717) is 12.1 Å². The molecule has 0 saturated heterocycles. The lowest BCUT2D eigenvalue weighted by atomic mass is 10.1. The standard InChI is InChI=1S/C22H21N3O4/c1-15-8-9-17(13-19(15)25(27)28)22(26)23-14-20(21-7-4-12-29-21)24-11-10-16-5-2-3-6-18(16)24/h2-9,12-13,20H,10-11,14H2,1H3,(H,23,26)/t20-/m0/s1. The second-order valence-electron chi connectivity index (χ2n) is 7.07. The summed E-state index contributed by atoms with van der Waals surface area (Å²) in [5.41, 5.74) is 3.13. The molecule has 1 aliphatic heterocycles. The van der Waals surface area contributed by atoms with Gasteiger partial charge in [0.25, 0.3) is 11.6 Å². The average Bonchev–Trinajstić information content (AvgIpc) is 3.39. The molecule has 1 amide bonds. The number of amides is 1. The van der Waals surface area contributed by atoms with Crippen molar-refractivity contribution in [3.8, 4) is 0 Å². The van der Waals surface area contributed by atoms with Crippen molar-refractivity contribution in [2.45, 2.75) is 19.4 Å². The lowest BCUT2D eigenvalue weighted by Crippen LogP contribution is -2.37. The van der Waals surface area contributed by atoms with E-state index in [1.54, 1.807) is 25.3 Å². The van der Waals surface area contributed by atoms with Crippen LogP contribution < -0.4 is 10.2 Å². The molecule has 0 fully saturated rings. The van der Waals surface area contributed by atoms with Gasteiger partial charge in [-0.05, 0) is 43.2 Å². The number of rotatable bonds is 6. The highest BCUT2D eigenvalue weighted by molar-refractivity contribution is 5.95. The van der Waals surface area contributed by atoms with Crippen molar-refractivity contribution in [2.24, 2.45) is 0 Å². The second kappa shape index (κ2) is 7.79. The van der Waals surface area contributed by atoms with E-state index in [4.69, 9.17) is 4.42 Å². The molecule has 1 aromatic heterocycles. The van der Waals surface area contributed by atoms with Gasteiger partial charge in [-0.1, -0.05) is 24.3 Å². The zero-order valence-electron chi connectivity index (χ0n) is 16.0. The van der Waals surface area contributed by atoms with Crippen LogP contribution >= 0.6 is 0 Å². The third-order valence-electron chi connectivity index (χ3n) is 5.29. The third-order valence-corrected chi connectivity index (χ3v) is 5.29. The Labute approximate surface area is 168 Å². The first-order chi connectivity index (χ1) is 14.0. The van der Waals surface area contributed by atoms with Gasteiger partial charge in [0.05, 0.1) is 11.2 Å². The van der Waals surface area contributed by atoms with E-state index in [0.717, 1.165) is 24.4 Å². The highest BCUT2D eigenvalue weighted by Gasteiger charge is 2.29. The van der Waals surface area contributed by atoms with Gasteiger partial charge < -0.3 is 14.6 Å². The summed E-state index contributed by atoms with van der Waals surface area (Å²) < 4.78 is 5.65. The Morgan fingerprint density at radius 2 is 2.07 bits per heavy atom. The minimum Gasteiger partial charge on any atom is -0.467 e. The van der Waals surface area contributed by atoms with Gasteiger partial charge in [0.2, 0.25) is 0 Å². The first kappa shape index (κ1) is 18.7. The van der Waals surface area contributed by atoms with E-state index < -0.39 is 4.92 Å². The SMILES string of the molecule is Cc1ccc(C(=O)NC[C@@H](c2ccco2)N2CCc3ccccc32)cc1[N+](=O)[O-]. The van der Waals surface area contributed by atoms with Crippen LogP contribution in [0.15, 0.2) is 65.3 Å². The Bertz CT molecular complexity index is 1050. The molecule has 1 aliphatic rings. The summed E-state index contributed by atoms with van der Waals surface area (Å²) in [6.07, 6.45) is 2.56. The van der Waals surface area contributed by atoms with Gasteiger partial charge in [0.15, 0.2) is 0 Å². The Kier molecular flexibility index (Phi) is 5.03. The van der Waals surface area contributed by atoms with E-state index >= 15 is 0 Å². The fourth-order valence-corrected chi connectivity index (χ4v) is 3.77. The van der Waals surface area contributed by atoms with Crippen molar-refractivity contribution in [1.29, 1.82) is 0 Å². The van der Waals surface area contributed by atoms with Gasteiger partial charge in [-0.25, -0.2) is 0 Å². The number of nitro benzene ring substituents is 1. The average molecular weight is 391 g/mol. The number of benzene rings is 2. The molecule has 0 aliphatic carbocycles.